The van der Waals surface area contributed by atoms with Gasteiger partial charge in [-0.15, -0.1) is 0 Å². The summed E-state index contributed by atoms with van der Waals surface area (Å²) in [5, 5.41) is 12.7. The molecule has 0 aliphatic heterocycles. The number of rotatable bonds is 7. The molecule has 0 bridgehead atoms. The summed E-state index contributed by atoms with van der Waals surface area (Å²) in [6, 6.07) is 0.255. The molecule has 1 amide bonds. The van der Waals surface area contributed by atoms with Gasteiger partial charge >= 0.3 is 0 Å². The molecule has 0 spiro atoms. The Morgan fingerprint density at radius 1 is 1.19 bits per heavy atom. The van der Waals surface area contributed by atoms with Crippen LogP contribution in [-0.2, 0) is 11.2 Å². The fraction of sp³-hybridized carbons (Fsp3) is 0.750. The number of amides is 1. The molecule has 4 N–H and O–H groups in total. The van der Waals surface area contributed by atoms with Gasteiger partial charge in [0.25, 0.3) is 5.91 Å². The summed E-state index contributed by atoms with van der Waals surface area (Å²) >= 11 is 0. The molecular weight excluding hydrogens is 344 g/mol. The van der Waals surface area contributed by atoms with Crippen LogP contribution in [0, 0.1) is 11.8 Å². The van der Waals surface area contributed by atoms with E-state index in [9.17, 15) is 9.90 Å². The summed E-state index contributed by atoms with van der Waals surface area (Å²) in [5.74, 6) is 1.78. The Bertz CT molecular complexity index is 624. The van der Waals surface area contributed by atoms with E-state index in [1.165, 1.54) is 0 Å². The topological polar surface area (TPSA) is 110 Å². The van der Waals surface area contributed by atoms with Gasteiger partial charge in [0.1, 0.15) is 11.6 Å². The maximum atomic E-state index is 11.8. The molecule has 0 radical (unpaired) electrons. The molecule has 1 heterocycles. The lowest BCUT2D eigenvalue weighted by Crippen LogP contribution is -2.29. The summed E-state index contributed by atoms with van der Waals surface area (Å²) in [5.41, 5.74) is 5.88. The van der Waals surface area contributed by atoms with Crippen LogP contribution in [0.3, 0.4) is 0 Å². The quantitative estimate of drug-likeness (QED) is 0.673. The normalized spacial score (nSPS) is 28.7. The summed E-state index contributed by atoms with van der Waals surface area (Å²) in [6.45, 7) is 0.252. The van der Waals surface area contributed by atoms with Crippen molar-refractivity contribution in [1.29, 1.82) is 0 Å². The summed E-state index contributed by atoms with van der Waals surface area (Å²) in [7, 11) is 1.78. The molecular formula is C20H32N4O3. The average Bonchev–Trinajstić information content (AvgIpc) is 2.69. The second kappa shape index (κ2) is 9.46. The maximum absolute atomic E-state index is 11.8. The number of primary amides is 1. The second-order valence-electron chi connectivity index (χ2n) is 8.04. The first kappa shape index (κ1) is 20.0. The molecule has 0 saturated heterocycles. The van der Waals surface area contributed by atoms with Gasteiger partial charge in [-0.2, -0.15) is 0 Å². The summed E-state index contributed by atoms with van der Waals surface area (Å²) < 4.78 is 5.44. The highest BCUT2D eigenvalue weighted by Crippen LogP contribution is 2.29. The van der Waals surface area contributed by atoms with E-state index in [0.717, 1.165) is 63.6 Å². The third-order valence-corrected chi connectivity index (χ3v) is 6.15. The number of aromatic nitrogens is 2. The first-order chi connectivity index (χ1) is 13.1. The standard InChI is InChI=1S/C20H32N4O3/c1-27-16-8-4-13(5-9-16)10-18-22-11-17(19(21)26)20(24-18)23-15-6-2-14(12-25)3-7-15/h11,13-16,25H,2-10,12H2,1H3,(H2,21,26)(H,22,23,24). The van der Waals surface area contributed by atoms with Gasteiger partial charge in [-0.1, -0.05) is 0 Å². The van der Waals surface area contributed by atoms with Crippen LogP contribution < -0.4 is 11.1 Å². The molecule has 150 valence electrons. The number of carbonyl (C=O) groups is 1. The average molecular weight is 377 g/mol. The van der Waals surface area contributed by atoms with Crippen LogP contribution in [0.1, 0.15) is 67.5 Å². The third-order valence-electron chi connectivity index (χ3n) is 6.15. The van der Waals surface area contributed by atoms with Gasteiger partial charge in [0.15, 0.2) is 0 Å². The molecule has 7 heteroatoms. The molecule has 0 aromatic carbocycles. The van der Waals surface area contributed by atoms with Gasteiger partial charge in [-0.05, 0) is 63.2 Å². The third kappa shape index (κ3) is 5.39. The highest BCUT2D eigenvalue weighted by atomic mass is 16.5. The number of hydrogen-bond acceptors (Lipinski definition) is 6. The van der Waals surface area contributed by atoms with E-state index in [1.54, 1.807) is 13.3 Å². The molecule has 1 aromatic heterocycles. The van der Waals surface area contributed by atoms with Crippen molar-refractivity contribution in [3.8, 4) is 0 Å². The fourth-order valence-corrected chi connectivity index (χ4v) is 4.32. The van der Waals surface area contributed by atoms with Crippen molar-refractivity contribution >= 4 is 11.7 Å². The van der Waals surface area contributed by atoms with Crippen molar-refractivity contribution in [3.63, 3.8) is 0 Å². The monoisotopic (exact) mass is 376 g/mol. The SMILES string of the molecule is COC1CCC(Cc2ncc(C(N)=O)c(NC3CCC(CO)CC3)n2)CC1. The Labute approximate surface area is 161 Å². The van der Waals surface area contributed by atoms with E-state index in [-0.39, 0.29) is 12.6 Å². The first-order valence-electron chi connectivity index (χ1n) is 10.1. The number of nitrogens with two attached hydrogens (primary N) is 1. The Morgan fingerprint density at radius 3 is 2.44 bits per heavy atom. The molecule has 2 saturated carbocycles. The number of hydrogen-bond donors (Lipinski definition) is 3. The molecule has 0 unspecified atom stereocenters. The van der Waals surface area contributed by atoms with E-state index < -0.39 is 5.91 Å². The number of aliphatic hydroxyl groups is 1. The smallest absolute Gasteiger partial charge is 0.254 e. The number of nitrogens with one attached hydrogen (secondary N) is 1. The lowest BCUT2D eigenvalue weighted by Gasteiger charge is -2.29. The zero-order valence-electron chi connectivity index (χ0n) is 16.2. The van der Waals surface area contributed by atoms with E-state index in [0.29, 0.717) is 29.3 Å². The van der Waals surface area contributed by atoms with Crippen LogP contribution in [0.4, 0.5) is 5.82 Å². The van der Waals surface area contributed by atoms with Crippen molar-refractivity contribution in [2.24, 2.45) is 17.6 Å². The summed E-state index contributed by atoms with van der Waals surface area (Å²) in [4.78, 5) is 20.8. The van der Waals surface area contributed by atoms with Crippen molar-refractivity contribution in [3.05, 3.63) is 17.6 Å². The van der Waals surface area contributed by atoms with E-state index >= 15 is 0 Å². The predicted octanol–water partition coefficient (Wildman–Crippen LogP) is 2.29. The first-order valence-corrected chi connectivity index (χ1v) is 10.1. The van der Waals surface area contributed by atoms with Crippen LogP contribution in [0.2, 0.25) is 0 Å². The predicted molar refractivity (Wildman–Crippen MR) is 103 cm³/mol. The Hall–Kier alpha value is -1.73. The second-order valence-corrected chi connectivity index (χ2v) is 8.04. The molecule has 27 heavy (non-hydrogen) atoms. The minimum absolute atomic E-state index is 0.252. The number of aliphatic hydroxyl groups excluding tert-OH is 1. The molecule has 2 aliphatic rings. The van der Waals surface area contributed by atoms with Gasteiger partial charge in [0.05, 0.1) is 11.7 Å². The van der Waals surface area contributed by atoms with Crippen LogP contribution in [0.25, 0.3) is 0 Å². The van der Waals surface area contributed by atoms with Crippen molar-refractivity contribution < 1.29 is 14.6 Å². The lowest BCUT2D eigenvalue weighted by molar-refractivity contribution is 0.0566. The van der Waals surface area contributed by atoms with Gasteiger partial charge in [-0.25, -0.2) is 9.97 Å². The van der Waals surface area contributed by atoms with Crippen molar-refractivity contribution in [2.45, 2.75) is 69.9 Å². The highest BCUT2D eigenvalue weighted by Gasteiger charge is 2.25. The van der Waals surface area contributed by atoms with E-state index in [1.807, 2.05) is 0 Å². The summed E-state index contributed by atoms with van der Waals surface area (Å²) in [6.07, 6.45) is 11.1. The lowest BCUT2D eigenvalue weighted by atomic mass is 9.85. The number of anilines is 1. The van der Waals surface area contributed by atoms with Gasteiger partial charge in [0, 0.05) is 32.4 Å². The van der Waals surface area contributed by atoms with E-state index in [4.69, 9.17) is 10.5 Å². The number of carbonyl (C=O) groups excluding carboxylic acids is 1. The van der Waals surface area contributed by atoms with Gasteiger partial charge in [0.2, 0.25) is 0 Å². The fourth-order valence-electron chi connectivity index (χ4n) is 4.32. The largest absolute Gasteiger partial charge is 0.396 e. The molecule has 7 nitrogen and oxygen atoms in total. The maximum Gasteiger partial charge on any atom is 0.254 e. The van der Waals surface area contributed by atoms with Gasteiger partial charge in [-0.3, -0.25) is 4.79 Å². The van der Waals surface area contributed by atoms with Crippen LogP contribution >= 0.6 is 0 Å². The van der Waals surface area contributed by atoms with Crippen LogP contribution in [-0.4, -0.2) is 46.8 Å². The molecule has 3 rings (SSSR count). The number of ether oxygens (including phenoxy) is 1. The zero-order chi connectivity index (χ0) is 19.2. The van der Waals surface area contributed by atoms with Crippen molar-refractivity contribution in [2.75, 3.05) is 19.0 Å². The van der Waals surface area contributed by atoms with Crippen LogP contribution in [0.5, 0.6) is 0 Å². The van der Waals surface area contributed by atoms with Gasteiger partial charge < -0.3 is 20.9 Å². The van der Waals surface area contributed by atoms with Crippen LogP contribution in [0.15, 0.2) is 6.20 Å². The molecule has 2 fully saturated rings. The molecule has 2 aliphatic carbocycles. The number of methoxy groups -OCH3 is 1. The number of nitrogens with zero attached hydrogens (tertiary/aromatic N) is 2. The van der Waals surface area contributed by atoms with E-state index in [2.05, 4.69) is 15.3 Å². The minimum atomic E-state index is -0.506. The highest BCUT2D eigenvalue weighted by molar-refractivity contribution is 5.97. The Morgan fingerprint density at radius 2 is 1.85 bits per heavy atom. The molecule has 1 aromatic rings. The van der Waals surface area contributed by atoms with Crippen molar-refractivity contribution in [1.82, 2.24) is 9.97 Å². The Kier molecular flexibility index (Phi) is 7.01. The zero-order valence-corrected chi connectivity index (χ0v) is 16.2. The molecule has 0 atom stereocenters. The Balaban J connectivity index is 1.65. The minimum Gasteiger partial charge on any atom is -0.396 e.